The molecule has 0 spiro atoms. The Labute approximate surface area is 191 Å². The molecule has 1 aromatic rings. The molecule has 0 fully saturated rings. The molecule has 0 aromatic heterocycles. The summed E-state index contributed by atoms with van der Waals surface area (Å²) in [5.74, 6) is 0.107. The second kappa shape index (κ2) is 14.9. The fraction of sp³-hybridized carbons (Fsp3) is 0.538. The van der Waals surface area contributed by atoms with Gasteiger partial charge in [-0.1, -0.05) is 88.0 Å². The van der Waals surface area contributed by atoms with E-state index in [1.54, 1.807) is 17.8 Å². The first-order valence-electron chi connectivity index (χ1n) is 11.5. The van der Waals surface area contributed by atoms with E-state index < -0.39 is 0 Å². The van der Waals surface area contributed by atoms with Gasteiger partial charge in [-0.05, 0) is 18.9 Å². The standard InChI is InChI=1S/C26H36O4S/c1-3-4-5-6-7-8-9-10-11-12-13-18-23(31-20-19-24(27)29-2)25-21-16-14-15-17-22(21)26(28)30-25/h11-18,23,25H,3-10,19-20H2,1-2H3. The lowest BCUT2D eigenvalue weighted by atomic mass is 10.0. The van der Waals surface area contributed by atoms with E-state index in [0.717, 1.165) is 12.0 Å². The molecular formula is C26H36O4S. The largest absolute Gasteiger partial charge is 0.469 e. The maximum absolute atomic E-state index is 12.2. The van der Waals surface area contributed by atoms with Crippen molar-refractivity contribution in [3.8, 4) is 0 Å². The van der Waals surface area contributed by atoms with Crippen molar-refractivity contribution in [3.63, 3.8) is 0 Å². The summed E-state index contributed by atoms with van der Waals surface area (Å²) in [4.78, 5) is 23.7. The minimum Gasteiger partial charge on any atom is -0.469 e. The van der Waals surface area contributed by atoms with Gasteiger partial charge in [-0.3, -0.25) is 4.79 Å². The van der Waals surface area contributed by atoms with Crippen LogP contribution in [0.3, 0.4) is 0 Å². The molecular weight excluding hydrogens is 408 g/mol. The summed E-state index contributed by atoms with van der Waals surface area (Å²) in [5.41, 5.74) is 1.55. The van der Waals surface area contributed by atoms with Crippen molar-refractivity contribution in [3.05, 3.63) is 59.7 Å². The summed E-state index contributed by atoms with van der Waals surface area (Å²) in [7, 11) is 1.40. The summed E-state index contributed by atoms with van der Waals surface area (Å²) in [6.07, 6.45) is 18.7. The minimum atomic E-state index is -0.334. The maximum Gasteiger partial charge on any atom is 0.339 e. The van der Waals surface area contributed by atoms with E-state index in [1.165, 1.54) is 52.1 Å². The molecule has 0 bridgehead atoms. The molecule has 5 heteroatoms. The summed E-state index contributed by atoms with van der Waals surface area (Å²) in [6.45, 7) is 2.25. The van der Waals surface area contributed by atoms with Crippen LogP contribution in [0.5, 0.6) is 0 Å². The van der Waals surface area contributed by atoms with Crippen LogP contribution < -0.4 is 0 Å². The lowest BCUT2D eigenvalue weighted by Gasteiger charge is -2.19. The summed E-state index contributed by atoms with van der Waals surface area (Å²) < 4.78 is 10.4. The predicted molar refractivity (Wildman–Crippen MR) is 128 cm³/mol. The van der Waals surface area contributed by atoms with Crippen molar-refractivity contribution in [2.45, 2.75) is 76.1 Å². The van der Waals surface area contributed by atoms with Gasteiger partial charge in [0.25, 0.3) is 0 Å². The third kappa shape index (κ3) is 8.94. The van der Waals surface area contributed by atoms with Crippen LogP contribution in [0.4, 0.5) is 0 Å². The van der Waals surface area contributed by atoms with E-state index >= 15 is 0 Å². The quantitative estimate of drug-likeness (QED) is 0.169. The maximum atomic E-state index is 12.2. The van der Waals surface area contributed by atoms with E-state index in [4.69, 9.17) is 9.47 Å². The molecule has 0 N–H and O–H groups in total. The highest BCUT2D eigenvalue weighted by atomic mass is 32.2. The number of hydrogen-bond acceptors (Lipinski definition) is 5. The van der Waals surface area contributed by atoms with Gasteiger partial charge >= 0.3 is 11.9 Å². The molecule has 1 heterocycles. The van der Waals surface area contributed by atoms with Crippen molar-refractivity contribution in [1.82, 2.24) is 0 Å². The topological polar surface area (TPSA) is 52.6 Å². The number of allylic oxidation sites excluding steroid dienone is 3. The molecule has 1 aliphatic heterocycles. The number of esters is 2. The van der Waals surface area contributed by atoms with Gasteiger partial charge in [-0.15, -0.1) is 11.8 Å². The molecule has 31 heavy (non-hydrogen) atoms. The number of hydrogen-bond donors (Lipinski definition) is 0. The molecule has 0 amide bonds. The van der Waals surface area contributed by atoms with E-state index in [-0.39, 0.29) is 23.3 Å². The molecule has 2 atom stereocenters. The molecule has 2 rings (SSSR count). The third-order valence-corrected chi connectivity index (χ3v) is 6.62. The molecule has 170 valence electrons. The van der Waals surface area contributed by atoms with Crippen molar-refractivity contribution >= 4 is 23.7 Å². The first-order chi connectivity index (χ1) is 15.2. The molecule has 1 aromatic carbocycles. The fourth-order valence-electron chi connectivity index (χ4n) is 3.61. The van der Waals surface area contributed by atoms with E-state index in [1.807, 2.05) is 24.3 Å². The Morgan fingerprint density at radius 3 is 2.65 bits per heavy atom. The minimum absolute atomic E-state index is 0.0551. The molecule has 0 aliphatic carbocycles. The zero-order valence-electron chi connectivity index (χ0n) is 18.9. The lowest BCUT2D eigenvalue weighted by molar-refractivity contribution is -0.140. The smallest absolute Gasteiger partial charge is 0.339 e. The Hall–Kier alpha value is -2.01. The number of carbonyl (C=O) groups excluding carboxylic acids is 2. The van der Waals surface area contributed by atoms with Gasteiger partial charge in [-0.2, -0.15) is 0 Å². The normalized spacial score (nSPS) is 16.6. The van der Waals surface area contributed by atoms with Gasteiger partial charge in [0.05, 0.1) is 24.3 Å². The van der Waals surface area contributed by atoms with E-state index in [9.17, 15) is 9.59 Å². The number of cyclic esters (lactones) is 1. The summed E-state index contributed by atoms with van der Waals surface area (Å²) >= 11 is 1.61. The van der Waals surface area contributed by atoms with Gasteiger partial charge in [0, 0.05) is 11.3 Å². The number of fused-ring (bicyclic) bond motifs is 1. The summed E-state index contributed by atoms with van der Waals surface area (Å²) in [6, 6.07) is 7.53. The van der Waals surface area contributed by atoms with Crippen LogP contribution in [-0.2, 0) is 14.3 Å². The predicted octanol–water partition coefficient (Wildman–Crippen LogP) is 6.82. The monoisotopic (exact) mass is 444 g/mol. The molecule has 0 radical (unpaired) electrons. The van der Waals surface area contributed by atoms with Crippen molar-refractivity contribution < 1.29 is 19.1 Å². The van der Waals surface area contributed by atoms with Crippen LogP contribution in [0.15, 0.2) is 48.6 Å². The van der Waals surface area contributed by atoms with E-state index in [0.29, 0.717) is 17.7 Å². The second-order valence-corrected chi connectivity index (χ2v) is 9.08. The van der Waals surface area contributed by atoms with Crippen molar-refractivity contribution in [1.29, 1.82) is 0 Å². The number of rotatable bonds is 15. The Morgan fingerprint density at radius 2 is 1.87 bits per heavy atom. The van der Waals surface area contributed by atoms with Gasteiger partial charge < -0.3 is 9.47 Å². The average molecular weight is 445 g/mol. The second-order valence-electron chi connectivity index (χ2n) is 7.80. The van der Waals surface area contributed by atoms with Crippen LogP contribution >= 0.6 is 11.8 Å². The highest BCUT2D eigenvalue weighted by Gasteiger charge is 2.35. The number of carbonyl (C=O) groups is 2. The number of ether oxygens (including phenoxy) is 2. The fourth-order valence-corrected chi connectivity index (χ4v) is 4.74. The Morgan fingerprint density at radius 1 is 1.13 bits per heavy atom. The first kappa shape index (κ1) is 25.3. The van der Waals surface area contributed by atoms with Crippen LogP contribution in [0.2, 0.25) is 0 Å². The lowest BCUT2D eigenvalue weighted by Crippen LogP contribution is -2.15. The average Bonchev–Trinajstić information content (AvgIpc) is 3.12. The van der Waals surface area contributed by atoms with Crippen molar-refractivity contribution in [2.24, 2.45) is 0 Å². The van der Waals surface area contributed by atoms with Gasteiger partial charge in [0.15, 0.2) is 0 Å². The Bertz CT molecular complexity index is 741. The molecule has 2 unspecified atom stereocenters. The zero-order valence-corrected chi connectivity index (χ0v) is 19.7. The number of thioether (sulfide) groups is 1. The van der Waals surface area contributed by atoms with Crippen LogP contribution in [0, 0.1) is 0 Å². The van der Waals surface area contributed by atoms with Gasteiger partial charge in [0.2, 0.25) is 0 Å². The molecule has 4 nitrogen and oxygen atoms in total. The van der Waals surface area contributed by atoms with Crippen LogP contribution in [-0.4, -0.2) is 30.1 Å². The SMILES string of the molecule is CCCCCCCCCC=CC=CC(SCCC(=O)OC)C1OC(=O)c2ccccc21. The summed E-state index contributed by atoms with van der Waals surface area (Å²) in [5, 5.41) is -0.0551. The number of unbranched alkanes of at least 4 members (excludes halogenated alkanes) is 7. The Balaban J connectivity index is 1.86. The molecule has 0 saturated carbocycles. The Kier molecular flexibility index (Phi) is 12.1. The van der Waals surface area contributed by atoms with Gasteiger partial charge in [0.1, 0.15) is 6.10 Å². The van der Waals surface area contributed by atoms with Crippen LogP contribution in [0.1, 0.15) is 86.7 Å². The highest BCUT2D eigenvalue weighted by Crippen LogP contribution is 2.38. The van der Waals surface area contributed by atoms with Gasteiger partial charge in [-0.25, -0.2) is 4.79 Å². The van der Waals surface area contributed by atoms with Crippen molar-refractivity contribution in [2.75, 3.05) is 12.9 Å². The third-order valence-electron chi connectivity index (χ3n) is 5.39. The first-order valence-corrected chi connectivity index (χ1v) is 12.5. The zero-order chi connectivity index (χ0) is 22.3. The van der Waals surface area contributed by atoms with Crippen LogP contribution in [0.25, 0.3) is 0 Å². The molecule has 0 saturated heterocycles. The van der Waals surface area contributed by atoms with E-state index in [2.05, 4.69) is 25.2 Å². The number of benzene rings is 1. The number of methoxy groups -OCH3 is 1. The highest BCUT2D eigenvalue weighted by molar-refractivity contribution is 8.00. The molecule has 1 aliphatic rings.